The van der Waals surface area contributed by atoms with Crippen LogP contribution in [0.2, 0.25) is 0 Å². The van der Waals surface area contributed by atoms with Gasteiger partial charge in [0.1, 0.15) is 13.2 Å². The summed E-state index contributed by atoms with van der Waals surface area (Å²) in [6.07, 6.45) is 0.389. The number of hydrogen-bond donors (Lipinski definition) is 1. The Kier molecular flexibility index (Phi) is 2.32. The van der Waals surface area contributed by atoms with Gasteiger partial charge < -0.3 is 15.2 Å². The minimum Gasteiger partial charge on any atom is -0.449 e. The Morgan fingerprint density at radius 3 is 3.22 bits per heavy atom. The minimum absolute atomic E-state index is 0.389. The fourth-order valence-electron chi connectivity index (χ4n) is 0.549. The van der Waals surface area contributed by atoms with Gasteiger partial charge in [-0.2, -0.15) is 0 Å². The van der Waals surface area contributed by atoms with Crippen LogP contribution in [0.3, 0.4) is 0 Å². The molecular weight excluding hydrogens is 120 g/mol. The molecule has 0 aromatic carbocycles. The Morgan fingerprint density at radius 1 is 1.78 bits per heavy atom. The Hall–Kier alpha value is -0.770. The largest absolute Gasteiger partial charge is 0.449 e. The highest BCUT2D eigenvalue weighted by Crippen LogP contribution is 1.93. The third-order valence-electron chi connectivity index (χ3n) is 0.901. The number of hydrogen-bond acceptors (Lipinski definition) is 4. The van der Waals surface area contributed by atoms with E-state index in [1.165, 1.54) is 0 Å². The van der Waals surface area contributed by atoms with Crippen LogP contribution in [0.1, 0.15) is 0 Å². The second-order valence-corrected chi connectivity index (χ2v) is 1.63. The van der Waals surface area contributed by atoms with Crippen molar-refractivity contribution in [3.05, 3.63) is 0 Å². The van der Waals surface area contributed by atoms with E-state index < -0.39 is 0 Å². The molecule has 0 saturated heterocycles. The van der Waals surface area contributed by atoms with E-state index in [4.69, 9.17) is 15.2 Å². The van der Waals surface area contributed by atoms with Crippen molar-refractivity contribution in [2.45, 2.75) is 0 Å². The van der Waals surface area contributed by atoms with Crippen molar-refractivity contribution in [1.82, 2.24) is 0 Å². The van der Waals surface area contributed by atoms with E-state index in [0.717, 1.165) is 0 Å². The van der Waals surface area contributed by atoms with Gasteiger partial charge in [0.25, 0.3) is 0 Å². The molecule has 2 N–H and O–H groups in total. The molecule has 1 aliphatic rings. The zero-order chi connectivity index (χ0) is 6.53. The molecule has 1 heterocycles. The lowest BCUT2D eigenvalue weighted by atomic mass is 10.7. The zero-order valence-corrected chi connectivity index (χ0v) is 5.17. The highest BCUT2D eigenvalue weighted by atomic mass is 16.7. The minimum atomic E-state index is 0.389. The lowest BCUT2D eigenvalue weighted by molar-refractivity contribution is 0.195. The molecule has 0 radical (unpaired) electrons. The van der Waals surface area contributed by atoms with Crippen molar-refractivity contribution in [3.63, 3.8) is 0 Å². The smallest absolute Gasteiger partial charge is 0.383 e. The van der Waals surface area contributed by atoms with Crippen LogP contribution in [-0.4, -0.2) is 32.4 Å². The third kappa shape index (κ3) is 1.89. The van der Waals surface area contributed by atoms with Crippen molar-refractivity contribution in [1.29, 1.82) is 0 Å². The van der Waals surface area contributed by atoms with Crippen LogP contribution in [-0.2, 0) is 9.47 Å². The molecule has 1 rings (SSSR count). The van der Waals surface area contributed by atoms with Gasteiger partial charge in [0.05, 0.1) is 6.54 Å². The molecule has 0 aliphatic carbocycles. The van der Waals surface area contributed by atoms with E-state index in [1.54, 1.807) is 0 Å². The molecule has 0 amide bonds. The first-order chi connectivity index (χ1) is 4.43. The first-order valence-electron chi connectivity index (χ1n) is 2.93. The lowest BCUT2D eigenvalue weighted by Gasteiger charge is -2.00. The Bertz CT molecular complexity index is 114. The monoisotopic (exact) mass is 130 g/mol. The van der Waals surface area contributed by atoms with Gasteiger partial charge in [0, 0.05) is 6.54 Å². The summed E-state index contributed by atoms with van der Waals surface area (Å²) in [5, 5.41) is 0. The maximum absolute atomic E-state index is 5.17. The van der Waals surface area contributed by atoms with E-state index in [2.05, 4.69) is 4.99 Å². The summed E-state index contributed by atoms with van der Waals surface area (Å²) in [6.45, 7) is 2.33. The first-order valence-corrected chi connectivity index (χ1v) is 2.93. The third-order valence-corrected chi connectivity index (χ3v) is 0.901. The molecule has 0 bridgehead atoms. The standard InChI is InChI=1S/C5H10N2O2/c6-1-3-8-5-7-2-4-9-5/h1-4,6H2. The maximum atomic E-state index is 5.17. The first kappa shape index (κ1) is 6.35. The number of nitrogens with two attached hydrogens (primary N) is 1. The predicted octanol–water partition coefficient (Wildman–Crippen LogP) is -0.652. The molecular formula is C5H10N2O2. The van der Waals surface area contributed by atoms with E-state index >= 15 is 0 Å². The summed E-state index contributed by atoms with van der Waals surface area (Å²) >= 11 is 0. The Balaban J connectivity index is 2.11. The summed E-state index contributed by atoms with van der Waals surface area (Å²) in [5.74, 6) is 0. The fourth-order valence-corrected chi connectivity index (χ4v) is 0.549. The van der Waals surface area contributed by atoms with Gasteiger partial charge in [-0.1, -0.05) is 0 Å². The lowest BCUT2D eigenvalue weighted by Crippen LogP contribution is -2.13. The summed E-state index contributed by atoms with van der Waals surface area (Å²) in [4.78, 5) is 3.89. The van der Waals surface area contributed by atoms with Crippen LogP contribution in [0.15, 0.2) is 4.99 Å². The molecule has 4 heteroatoms. The summed E-state index contributed by atoms with van der Waals surface area (Å²) in [7, 11) is 0. The van der Waals surface area contributed by atoms with Crippen LogP contribution in [0.25, 0.3) is 0 Å². The molecule has 0 aromatic rings. The van der Waals surface area contributed by atoms with Crippen LogP contribution < -0.4 is 5.73 Å². The number of ether oxygens (including phenoxy) is 2. The van der Waals surface area contributed by atoms with Crippen LogP contribution in [0, 0.1) is 0 Å². The summed E-state index contributed by atoms with van der Waals surface area (Å²) in [6, 6.07) is 0. The van der Waals surface area contributed by atoms with Gasteiger partial charge >= 0.3 is 6.08 Å². The predicted molar refractivity (Wildman–Crippen MR) is 33.3 cm³/mol. The van der Waals surface area contributed by atoms with Gasteiger partial charge in [-0.05, 0) is 0 Å². The van der Waals surface area contributed by atoms with Gasteiger partial charge in [0.15, 0.2) is 0 Å². The molecule has 9 heavy (non-hydrogen) atoms. The highest BCUT2D eigenvalue weighted by Gasteiger charge is 2.06. The van der Waals surface area contributed by atoms with E-state index in [1.807, 2.05) is 0 Å². The number of aliphatic imine (C=N–C) groups is 1. The van der Waals surface area contributed by atoms with Crippen molar-refractivity contribution < 1.29 is 9.47 Å². The second kappa shape index (κ2) is 3.29. The summed E-state index contributed by atoms with van der Waals surface area (Å²) in [5.41, 5.74) is 5.17. The van der Waals surface area contributed by atoms with Gasteiger partial charge in [0.2, 0.25) is 0 Å². The quantitative estimate of drug-likeness (QED) is 0.540. The maximum Gasteiger partial charge on any atom is 0.383 e. The molecule has 1 aliphatic heterocycles. The van der Waals surface area contributed by atoms with Crippen molar-refractivity contribution in [3.8, 4) is 0 Å². The highest BCUT2D eigenvalue weighted by molar-refractivity contribution is 5.68. The second-order valence-electron chi connectivity index (χ2n) is 1.63. The van der Waals surface area contributed by atoms with Gasteiger partial charge in [-0.15, -0.1) is 0 Å². The summed E-state index contributed by atoms with van der Waals surface area (Å²) < 4.78 is 9.88. The van der Waals surface area contributed by atoms with Crippen molar-refractivity contribution >= 4 is 6.08 Å². The van der Waals surface area contributed by atoms with Crippen LogP contribution >= 0.6 is 0 Å². The molecule has 0 spiro atoms. The van der Waals surface area contributed by atoms with Gasteiger partial charge in [-0.25, -0.2) is 4.99 Å². The average Bonchev–Trinajstić information content (AvgIpc) is 2.34. The van der Waals surface area contributed by atoms with E-state index in [9.17, 15) is 0 Å². The average molecular weight is 130 g/mol. The Labute approximate surface area is 53.7 Å². The molecule has 4 nitrogen and oxygen atoms in total. The molecule has 0 atom stereocenters. The van der Waals surface area contributed by atoms with Crippen LogP contribution in [0.4, 0.5) is 0 Å². The van der Waals surface area contributed by atoms with E-state index in [0.29, 0.717) is 32.4 Å². The molecule has 0 fully saturated rings. The van der Waals surface area contributed by atoms with Gasteiger partial charge in [-0.3, -0.25) is 0 Å². The zero-order valence-electron chi connectivity index (χ0n) is 5.17. The van der Waals surface area contributed by atoms with Crippen molar-refractivity contribution in [2.75, 3.05) is 26.3 Å². The Morgan fingerprint density at radius 2 is 2.67 bits per heavy atom. The number of nitrogens with zero attached hydrogens (tertiary/aromatic N) is 1. The van der Waals surface area contributed by atoms with E-state index in [-0.39, 0.29) is 0 Å². The normalized spacial score (nSPS) is 16.8. The number of rotatable bonds is 2. The SMILES string of the molecule is NCCOC1=NCCO1. The van der Waals surface area contributed by atoms with Crippen molar-refractivity contribution in [2.24, 2.45) is 10.7 Å². The molecule has 52 valence electrons. The van der Waals surface area contributed by atoms with Crippen LogP contribution in [0.5, 0.6) is 0 Å². The molecule has 0 saturated carbocycles. The topological polar surface area (TPSA) is 56.8 Å². The molecule has 0 aromatic heterocycles. The molecule has 0 unspecified atom stereocenters. The fraction of sp³-hybridized carbons (Fsp3) is 0.800.